The lowest BCUT2D eigenvalue weighted by atomic mass is 9.68. The van der Waals surface area contributed by atoms with Gasteiger partial charge in [0, 0.05) is 5.92 Å². The van der Waals surface area contributed by atoms with Gasteiger partial charge in [-0.1, -0.05) is 30.3 Å². The van der Waals surface area contributed by atoms with Gasteiger partial charge < -0.3 is 9.90 Å². The van der Waals surface area contributed by atoms with Crippen LogP contribution in [0.4, 0.5) is 0 Å². The first kappa shape index (κ1) is 8.45. The standard InChI is InChI=1S/C11H12O2/c12-8-9-6-11(13,7-9)10-4-2-1-3-5-10/h1-5,8-9,13H,6-7H2. The molecular weight excluding hydrogens is 164 g/mol. The summed E-state index contributed by atoms with van der Waals surface area (Å²) in [6.45, 7) is 0. The maximum absolute atomic E-state index is 10.4. The molecule has 2 rings (SSSR count). The average molecular weight is 176 g/mol. The van der Waals surface area contributed by atoms with Gasteiger partial charge in [0.05, 0.1) is 5.60 Å². The van der Waals surface area contributed by atoms with Crippen LogP contribution in [0.2, 0.25) is 0 Å². The van der Waals surface area contributed by atoms with Crippen LogP contribution in [0.3, 0.4) is 0 Å². The molecule has 0 amide bonds. The van der Waals surface area contributed by atoms with E-state index in [1.807, 2.05) is 30.3 Å². The van der Waals surface area contributed by atoms with E-state index in [1.54, 1.807) is 0 Å². The molecule has 1 saturated carbocycles. The summed E-state index contributed by atoms with van der Waals surface area (Å²) in [6.07, 6.45) is 2.07. The molecule has 0 spiro atoms. The molecule has 68 valence electrons. The Balaban J connectivity index is 2.15. The van der Waals surface area contributed by atoms with E-state index in [-0.39, 0.29) is 5.92 Å². The van der Waals surface area contributed by atoms with Crippen molar-refractivity contribution in [1.29, 1.82) is 0 Å². The fourth-order valence-corrected chi connectivity index (χ4v) is 1.89. The van der Waals surface area contributed by atoms with Crippen LogP contribution in [0.15, 0.2) is 30.3 Å². The molecule has 13 heavy (non-hydrogen) atoms. The largest absolute Gasteiger partial charge is 0.385 e. The van der Waals surface area contributed by atoms with Crippen LogP contribution >= 0.6 is 0 Å². The van der Waals surface area contributed by atoms with Crippen molar-refractivity contribution in [2.45, 2.75) is 18.4 Å². The first-order valence-electron chi connectivity index (χ1n) is 4.48. The van der Waals surface area contributed by atoms with Gasteiger partial charge in [0.25, 0.3) is 0 Å². The van der Waals surface area contributed by atoms with E-state index in [1.165, 1.54) is 0 Å². The van der Waals surface area contributed by atoms with Crippen molar-refractivity contribution < 1.29 is 9.90 Å². The molecule has 1 N–H and O–H groups in total. The zero-order valence-electron chi connectivity index (χ0n) is 7.31. The Morgan fingerprint density at radius 2 is 1.92 bits per heavy atom. The Morgan fingerprint density at radius 3 is 2.46 bits per heavy atom. The minimum absolute atomic E-state index is 0.0465. The van der Waals surface area contributed by atoms with Gasteiger partial charge in [-0.2, -0.15) is 0 Å². The van der Waals surface area contributed by atoms with Crippen molar-refractivity contribution >= 4 is 6.29 Å². The highest BCUT2D eigenvalue weighted by molar-refractivity contribution is 5.56. The number of benzene rings is 1. The highest BCUT2D eigenvalue weighted by Crippen LogP contribution is 2.44. The summed E-state index contributed by atoms with van der Waals surface area (Å²) in [7, 11) is 0. The molecule has 0 atom stereocenters. The smallest absolute Gasteiger partial charge is 0.123 e. The summed E-state index contributed by atoms with van der Waals surface area (Å²) >= 11 is 0. The molecule has 0 aliphatic heterocycles. The molecule has 1 aromatic rings. The number of aliphatic hydroxyl groups is 1. The van der Waals surface area contributed by atoms with E-state index < -0.39 is 5.60 Å². The third kappa shape index (κ3) is 1.38. The third-order valence-electron chi connectivity index (χ3n) is 2.70. The van der Waals surface area contributed by atoms with Gasteiger partial charge >= 0.3 is 0 Å². The molecule has 0 aromatic heterocycles. The van der Waals surface area contributed by atoms with Crippen LogP contribution in [0.25, 0.3) is 0 Å². The number of carbonyl (C=O) groups is 1. The summed E-state index contributed by atoms with van der Waals surface area (Å²) in [5.74, 6) is 0.0465. The minimum Gasteiger partial charge on any atom is -0.385 e. The zero-order chi connectivity index (χ0) is 9.31. The predicted octanol–water partition coefficient (Wildman–Crippen LogP) is 1.48. The van der Waals surface area contributed by atoms with E-state index in [2.05, 4.69) is 0 Å². The fourth-order valence-electron chi connectivity index (χ4n) is 1.89. The van der Waals surface area contributed by atoms with Gasteiger partial charge in [-0.3, -0.25) is 0 Å². The lowest BCUT2D eigenvalue weighted by Gasteiger charge is -2.41. The molecule has 1 fully saturated rings. The fraction of sp³-hybridized carbons (Fsp3) is 0.364. The molecule has 0 saturated heterocycles. The normalized spacial score (nSPS) is 32.2. The topological polar surface area (TPSA) is 37.3 Å². The van der Waals surface area contributed by atoms with Crippen LogP contribution in [-0.2, 0) is 10.4 Å². The second-order valence-electron chi connectivity index (χ2n) is 3.70. The number of hydrogen-bond donors (Lipinski definition) is 1. The van der Waals surface area contributed by atoms with Crippen molar-refractivity contribution in [3.05, 3.63) is 35.9 Å². The van der Waals surface area contributed by atoms with Crippen LogP contribution in [0.1, 0.15) is 18.4 Å². The van der Waals surface area contributed by atoms with Gasteiger partial charge in [0.2, 0.25) is 0 Å². The molecule has 0 radical (unpaired) electrons. The summed E-state index contributed by atoms with van der Waals surface area (Å²) < 4.78 is 0. The first-order valence-corrected chi connectivity index (χ1v) is 4.48. The van der Waals surface area contributed by atoms with Gasteiger partial charge in [0.15, 0.2) is 0 Å². The quantitative estimate of drug-likeness (QED) is 0.693. The van der Waals surface area contributed by atoms with E-state index in [4.69, 9.17) is 0 Å². The average Bonchev–Trinajstić information content (AvgIpc) is 2.14. The monoisotopic (exact) mass is 176 g/mol. The lowest BCUT2D eigenvalue weighted by Crippen LogP contribution is -2.41. The summed E-state index contributed by atoms with van der Waals surface area (Å²) in [4.78, 5) is 10.4. The molecule has 2 nitrogen and oxygen atoms in total. The Hall–Kier alpha value is -1.15. The van der Waals surface area contributed by atoms with Crippen LogP contribution in [-0.4, -0.2) is 11.4 Å². The van der Waals surface area contributed by atoms with Crippen molar-refractivity contribution in [3.8, 4) is 0 Å². The molecular formula is C11H12O2. The van der Waals surface area contributed by atoms with E-state index in [0.29, 0.717) is 12.8 Å². The molecule has 0 bridgehead atoms. The second-order valence-corrected chi connectivity index (χ2v) is 3.70. The summed E-state index contributed by atoms with van der Waals surface area (Å²) in [5.41, 5.74) is 0.181. The number of aldehydes is 1. The summed E-state index contributed by atoms with van der Waals surface area (Å²) in [6, 6.07) is 9.54. The van der Waals surface area contributed by atoms with Gasteiger partial charge in [-0.05, 0) is 18.4 Å². The molecule has 0 unspecified atom stereocenters. The number of hydrogen-bond acceptors (Lipinski definition) is 2. The van der Waals surface area contributed by atoms with E-state index in [9.17, 15) is 9.90 Å². The minimum atomic E-state index is -0.743. The lowest BCUT2D eigenvalue weighted by molar-refractivity contribution is -0.128. The zero-order valence-corrected chi connectivity index (χ0v) is 7.31. The predicted molar refractivity (Wildman–Crippen MR) is 49.1 cm³/mol. The Labute approximate surface area is 77.2 Å². The van der Waals surface area contributed by atoms with Gasteiger partial charge in [-0.15, -0.1) is 0 Å². The molecule has 0 heterocycles. The molecule has 2 heteroatoms. The van der Waals surface area contributed by atoms with Crippen LogP contribution in [0.5, 0.6) is 0 Å². The molecule has 1 aromatic carbocycles. The van der Waals surface area contributed by atoms with Crippen molar-refractivity contribution in [2.75, 3.05) is 0 Å². The third-order valence-corrected chi connectivity index (χ3v) is 2.70. The SMILES string of the molecule is O=CC1CC(O)(c2ccccc2)C1. The highest BCUT2D eigenvalue weighted by atomic mass is 16.3. The maximum atomic E-state index is 10.4. The first-order chi connectivity index (χ1) is 6.24. The Bertz CT molecular complexity index is 299. The number of carbonyl (C=O) groups excluding carboxylic acids is 1. The van der Waals surface area contributed by atoms with Gasteiger partial charge in [-0.25, -0.2) is 0 Å². The molecule has 1 aliphatic carbocycles. The van der Waals surface area contributed by atoms with Crippen molar-refractivity contribution in [2.24, 2.45) is 5.92 Å². The Kier molecular flexibility index (Phi) is 1.93. The van der Waals surface area contributed by atoms with Crippen molar-refractivity contribution in [1.82, 2.24) is 0 Å². The Morgan fingerprint density at radius 1 is 1.31 bits per heavy atom. The second kappa shape index (κ2) is 2.96. The van der Waals surface area contributed by atoms with E-state index >= 15 is 0 Å². The van der Waals surface area contributed by atoms with Crippen LogP contribution < -0.4 is 0 Å². The summed E-state index contributed by atoms with van der Waals surface area (Å²) in [5, 5.41) is 10.0. The number of rotatable bonds is 2. The van der Waals surface area contributed by atoms with Crippen LogP contribution in [0, 0.1) is 5.92 Å². The van der Waals surface area contributed by atoms with E-state index in [0.717, 1.165) is 11.8 Å². The van der Waals surface area contributed by atoms with Gasteiger partial charge in [0.1, 0.15) is 6.29 Å². The van der Waals surface area contributed by atoms with Crippen molar-refractivity contribution in [3.63, 3.8) is 0 Å². The highest BCUT2D eigenvalue weighted by Gasteiger charge is 2.43. The maximum Gasteiger partial charge on any atom is 0.123 e. The molecule has 1 aliphatic rings.